The summed E-state index contributed by atoms with van der Waals surface area (Å²) in [6.07, 6.45) is 11.2. The molecule has 0 saturated carbocycles. The number of rotatable bonds is 3. The Kier molecular flexibility index (Phi) is 3.58. The summed E-state index contributed by atoms with van der Waals surface area (Å²) in [5.74, 6) is 0.921. The third kappa shape index (κ3) is 2.37. The van der Waals surface area contributed by atoms with Gasteiger partial charge in [0.15, 0.2) is 5.82 Å². The van der Waals surface area contributed by atoms with Crippen LogP contribution in [0.2, 0.25) is 0 Å². The van der Waals surface area contributed by atoms with Crippen LogP contribution in [0.4, 0.5) is 0 Å². The average molecular weight is 310 g/mol. The molecule has 0 radical (unpaired) electrons. The first kappa shape index (κ1) is 14.6. The van der Waals surface area contributed by atoms with Gasteiger partial charge in [-0.1, -0.05) is 79.9 Å². The SMILES string of the molecule is C=CC(=C)c1nc(C2C=CC=CC2)c2ccc3ccccc3c2n1. The predicted molar refractivity (Wildman–Crippen MR) is 102 cm³/mol. The van der Waals surface area contributed by atoms with Crippen molar-refractivity contribution >= 4 is 27.2 Å². The van der Waals surface area contributed by atoms with Crippen LogP contribution >= 0.6 is 0 Å². The summed E-state index contributed by atoms with van der Waals surface area (Å²) < 4.78 is 0. The maximum absolute atomic E-state index is 4.84. The molecule has 1 aliphatic rings. The lowest BCUT2D eigenvalue weighted by atomic mass is 9.93. The van der Waals surface area contributed by atoms with Crippen LogP contribution < -0.4 is 0 Å². The van der Waals surface area contributed by atoms with Crippen molar-refractivity contribution in [3.63, 3.8) is 0 Å². The van der Waals surface area contributed by atoms with Crippen LogP contribution in [-0.2, 0) is 0 Å². The van der Waals surface area contributed by atoms with Gasteiger partial charge in [-0.05, 0) is 11.8 Å². The van der Waals surface area contributed by atoms with Gasteiger partial charge in [0.05, 0.1) is 11.2 Å². The minimum absolute atomic E-state index is 0.262. The van der Waals surface area contributed by atoms with Crippen molar-refractivity contribution in [1.29, 1.82) is 0 Å². The topological polar surface area (TPSA) is 25.8 Å². The number of nitrogens with zero attached hydrogens (tertiary/aromatic N) is 2. The van der Waals surface area contributed by atoms with Crippen molar-refractivity contribution in [3.8, 4) is 0 Å². The Balaban J connectivity index is 2.07. The lowest BCUT2D eigenvalue weighted by Crippen LogP contribution is -2.05. The Bertz CT molecular complexity index is 1020. The maximum atomic E-state index is 4.84. The molecule has 4 rings (SSSR count). The van der Waals surface area contributed by atoms with E-state index in [0.29, 0.717) is 5.82 Å². The third-order valence-corrected chi connectivity index (χ3v) is 4.49. The van der Waals surface area contributed by atoms with Gasteiger partial charge in [0.25, 0.3) is 0 Å². The molecule has 1 aromatic heterocycles. The summed E-state index contributed by atoms with van der Waals surface area (Å²) in [7, 11) is 0. The first-order chi connectivity index (χ1) is 11.8. The molecule has 1 atom stereocenters. The first-order valence-corrected chi connectivity index (χ1v) is 8.12. The second kappa shape index (κ2) is 5.89. The summed E-state index contributed by atoms with van der Waals surface area (Å²) >= 11 is 0. The Hall–Kier alpha value is -3.00. The fourth-order valence-electron chi connectivity index (χ4n) is 3.19. The Morgan fingerprint density at radius 2 is 1.92 bits per heavy atom. The van der Waals surface area contributed by atoms with E-state index in [1.54, 1.807) is 6.08 Å². The predicted octanol–water partition coefficient (Wildman–Crippen LogP) is 5.58. The standard InChI is InChI=1S/C22H18N2/c1-3-15(2)22-23-20(17-10-5-4-6-11-17)19-14-13-16-9-7-8-12-18(16)21(19)24-22/h3-10,12-14,17H,1-2,11H2. The largest absolute Gasteiger partial charge is 0.232 e. The Labute approximate surface area is 141 Å². The van der Waals surface area contributed by atoms with Gasteiger partial charge >= 0.3 is 0 Å². The van der Waals surface area contributed by atoms with Gasteiger partial charge < -0.3 is 0 Å². The molecule has 1 unspecified atom stereocenters. The summed E-state index contributed by atoms with van der Waals surface area (Å²) in [6.45, 7) is 7.86. The van der Waals surface area contributed by atoms with E-state index in [2.05, 4.69) is 73.9 Å². The summed E-state index contributed by atoms with van der Waals surface area (Å²) in [5.41, 5.74) is 2.80. The number of hydrogen-bond acceptors (Lipinski definition) is 2. The van der Waals surface area contributed by atoms with E-state index < -0.39 is 0 Å². The minimum atomic E-state index is 0.262. The molecule has 1 aliphatic carbocycles. The Morgan fingerprint density at radius 3 is 2.71 bits per heavy atom. The van der Waals surface area contributed by atoms with E-state index in [-0.39, 0.29) is 5.92 Å². The molecule has 116 valence electrons. The van der Waals surface area contributed by atoms with E-state index in [1.165, 1.54) is 5.39 Å². The van der Waals surface area contributed by atoms with E-state index in [0.717, 1.165) is 34.0 Å². The van der Waals surface area contributed by atoms with Crippen LogP contribution in [0, 0.1) is 0 Å². The van der Waals surface area contributed by atoms with Crippen LogP contribution in [0.15, 0.2) is 79.9 Å². The second-order valence-electron chi connectivity index (χ2n) is 6.00. The normalized spacial score (nSPS) is 16.6. The van der Waals surface area contributed by atoms with Crippen molar-refractivity contribution in [1.82, 2.24) is 9.97 Å². The molecule has 0 fully saturated rings. The smallest absolute Gasteiger partial charge is 0.159 e. The fraction of sp³-hybridized carbons (Fsp3) is 0.0909. The Morgan fingerprint density at radius 1 is 1.04 bits per heavy atom. The average Bonchev–Trinajstić information content (AvgIpc) is 2.67. The highest BCUT2D eigenvalue weighted by molar-refractivity contribution is 6.06. The molecule has 0 bridgehead atoms. The zero-order valence-electron chi connectivity index (χ0n) is 13.4. The van der Waals surface area contributed by atoms with Crippen molar-refractivity contribution in [3.05, 3.63) is 91.5 Å². The molecule has 0 N–H and O–H groups in total. The quantitative estimate of drug-likeness (QED) is 0.466. The molecular weight excluding hydrogens is 292 g/mol. The van der Waals surface area contributed by atoms with E-state index in [1.807, 2.05) is 0 Å². The van der Waals surface area contributed by atoms with Gasteiger partial charge in [-0.25, -0.2) is 9.97 Å². The molecule has 0 aliphatic heterocycles. The number of fused-ring (bicyclic) bond motifs is 3. The van der Waals surface area contributed by atoms with Crippen LogP contribution in [0.1, 0.15) is 23.9 Å². The monoisotopic (exact) mass is 310 g/mol. The summed E-state index contributed by atoms with van der Waals surface area (Å²) in [6, 6.07) is 12.6. The zero-order chi connectivity index (χ0) is 16.5. The lowest BCUT2D eigenvalue weighted by Gasteiger charge is -2.17. The highest BCUT2D eigenvalue weighted by Gasteiger charge is 2.17. The number of hydrogen-bond donors (Lipinski definition) is 0. The molecule has 2 heteroatoms. The molecule has 0 spiro atoms. The molecule has 3 aromatic rings. The van der Waals surface area contributed by atoms with Crippen molar-refractivity contribution in [2.45, 2.75) is 12.3 Å². The van der Waals surface area contributed by atoms with Crippen LogP contribution in [-0.4, -0.2) is 9.97 Å². The molecule has 2 aromatic carbocycles. The van der Waals surface area contributed by atoms with Gasteiger partial charge in [0.1, 0.15) is 0 Å². The molecule has 24 heavy (non-hydrogen) atoms. The molecule has 2 nitrogen and oxygen atoms in total. The second-order valence-corrected chi connectivity index (χ2v) is 6.00. The van der Waals surface area contributed by atoms with E-state index in [4.69, 9.17) is 9.97 Å². The van der Waals surface area contributed by atoms with Crippen molar-refractivity contribution in [2.24, 2.45) is 0 Å². The number of benzene rings is 2. The zero-order valence-corrected chi connectivity index (χ0v) is 13.4. The number of aromatic nitrogens is 2. The van der Waals surface area contributed by atoms with Gasteiger partial charge in [-0.15, -0.1) is 0 Å². The first-order valence-electron chi connectivity index (χ1n) is 8.12. The van der Waals surface area contributed by atoms with Gasteiger partial charge in [-0.2, -0.15) is 0 Å². The van der Waals surface area contributed by atoms with Crippen molar-refractivity contribution in [2.75, 3.05) is 0 Å². The molecule has 0 amide bonds. The van der Waals surface area contributed by atoms with Gasteiger partial charge in [0.2, 0.25) is 0 Å². The van der Waals surface area contributed by atoms with Crippen LogP contribution in [0.5, 0.6) is 0 Å². The third-order valence-electron chi connectivity index (χ3n) is 4.49. The lowest BCUT2D eigenvalue weighted by molar-refractivity contribution is 0.818. The summed E-state index contributed by atoms with van der Waals surface area (Å²) in [5, 5.41) is 3.44. The fourth-order valence-corrected chi connectivity index (χ4v) is 3.19. The van der Waals surface area contributed by atoms with Gasteiger partial charge in [0, 0.05) is 22.3 Å². The maximum Gasteiger partial charge on any atom is 0.159 e. The molecule has 0 saturated heterocycles. The highest BCUT2D eigenvalue weighted by atomic mass is 14.9. The van der Waals surface area contributed by atoms with E-state index in [9.17, 15) is 0 Å². The minimum Gasteiger partial charge on any atom is -0.232 e. The number of allylic oxidation sites excluding steroid dienone is 6. The van der Waals surface area contributed by atoms with Crippen LogP contribution in [0.3, 0.4) is 0 Å². The van der Waals surface area contributed by atoms with Crippen molar-refractivity contribution < 1.29 is 0 Å². The molecular formula is C22H18N2. The van der Waals surface area contributed by atoms with Gasteiger partial charge in [-0.3, -0.25) is 0 Å². The highest BCUT2D eigenvalue weighted by Crippen LogP contribution is 2.33. The van der Waals surface area contributed by atoms with E-state index >= 15 is 0 Å². The van der Waals surface area contributed by atoms with Crippen LogP contribution in [0.25, 0.3) is 27.2 Å². The summed E-state index contributed by atoms with van der Waals surface area (Å²) in [4.78, 5) is 9.64. The molecule has 1 heterocycles.